The van der Waals surface area contributed by atoms with Crippen molar-refractivity contribution in [3.63, 3.8) is 0 Å². The molecule has 0 radical (unpaired) electrons. The zero-order valence-electron chi connectivity index (χ0n) is 14.3. The summed E-state index contributed by atoms with van der Waals surface area (Å²) in [5.74, 6) is -2.29. The summed E-state index contributed by atoms with van der Waals surface area (Å²) in [4.78, 5) is 38.4. The van der Waals surface area contributed by atoms with Gasteiger partial charge in [0.15, 0.2) is 0 Å². The molecule has 0 aromatic heterocycles. The highest BCUT2D eigenvalue weighted by Gasteiger charge is 2.56. The maximum absolute atomic E-state index is 12.4. The fourth-order valence-electron chi connectivity index (χ4n) is 3.66. The molecule has 0 aromatic rings. The molecule has 0 aromatic carbocycles. The zero-order chi connectivity index (χ0) is 17.4. The maximum atomic E-state index is 12.4. The summed E-state index contributed by atoms with van der Waals surface area (Å²) >= 11 is 0. The molecule has 4 atom stereocenters. The molecule has 2 heterocycles. The van der Waals surface area contributed by atoms with E-state index in [1.807, 2.05) is 0 Å². The van der Waals surface area contributed by atoms with Crippen LogP contribution in [-0.2, 0) is 23.8 Å². The fraction of sp³-hybridized carbons (Fsp3) is 0.812. The predicted octanol–water partition coefficient (Wildman–Crippen LogP) is 1.59. The minimum absolute atomic E-state index is 0.121. The van der Waals surface area contributed by atoms with Gasteiger partial charge in [-0.2, -0.15) is 0 Å². The van der Waals surface area contributed by atoms with E-state index < -0.39 is 41.5 Å². The van der Waals surface area contributed by atoms with Crippen LogP contribution < -0.4 is 0 Å². The van der Waals surface area contributed by atoms with Crippen LogP contribution in [0.2, 0.25) is 0 Å². The highest BCUT2D eigenvalue weighted by Crippen LogP contribution is 2.45. The van der Waals surface area contributed by atoms with E-state index >= 15 is 0 Å². The van der Waals surface area contributed by atoms with E-state index in [0.29, 0.717) is 13.0 Å². The van der Waals surface area contributed by atoms with E-state index in [9.17, 15) is 14.4 Å². The summed E-state index contributed by atoms with van der Waals surface area (Å²) in [5.41, 5.74) is -0.615. The van der Waals surface area contributed by atoms with Crippen LogP contribution in [0, 0.1) is 17.8 Å². The van der Waals surface area contributed by atoms with E-state index in [2.05, 4.69) is 0 Å². The lowest BCUT2D eigenvalue weighted by Gasteiger charge is -2.51. The van der Waals surface area contributed by atoms with E-state index in [-0.39, 0.29) is 5.92 Å². The van der Waals surface area contributed by atoms with Gasteiger partial charge in [-0.3, -0.25) is 9.59 Å². The maximum Gasteiger partial charge on any atom is 0.410 e. The van der Waals surface area contributed by atoms with E-state index in [1.54, 1.807) is 25.7 Å². The number of ether oxygens (including phenoxy) is 3. The number of amides is 1. The minimum atomic E-state index is -0.701. The third kappa shape index (κ3) is 3.43. The zero-order valence-corrected chi connectivity index (χ0v) is 14.3. The van der Waals surface area contributed by atoms with Crippen molar-refractivity contribution in [1.82, 2.24) is 4.90 Å². The number of fused-ring (bicyclic) bond motifs is 3. The highest BCUT2D eigenvalue weighted by atomic mass is 16.6. The summed E-state index contributed by atoms with van der Waals surface area (Å²) in [7, 11) is 2.60. The van der Waals surface area contributed by atoms with Crippen molar-refractivity contribution < 1.29 is 28.6 Å². The average molecular weight is 327 g/mol. The van der Waals surface area contributed by atoms with Crippen LogP contribution in [-0.4, -0.2) is 55.3 Å². The summed E-state index contributed by atoms with van der Waals surface area (Å²) < 4.78 is 15.2. The van der Waals surface area contributed by atoms with Crippen molar-refractivity contribution in [2.45, 2.75) is 45.3 Å². The number of piperidine rings is 2. The monoisotopic (exact) mass is 327 g/mol. The Morgan fingerprint density at radius 1 is 0.957 bits per heavy atom. The minimum Gasteiger partial charge on any atom is -0.469 e. The van der Waals surface area contributed by atoms with Gasteiger partial charge < -0.3 is 19.1 Å². The van der Waals surface area contributed by atoms with Crippen LogP contribution in [0.5, 0.6) is 0 Å². The van der Waals surface area contributed by atoms with Gasteiger partial charge in [0.2, 0.25) is 0 Å². The first-order valence-electron chi connectivity index (χ1n) is 7.85. The number of carbonyl (C=O) groups excluding carboxylic acids is 3. The number of nitrogens with zero attached hydrogens (tertiary/aromatic N) is 1. The summed E-state index contributed by atoms with van der Waals surface area (Å²) in [6.45, 7) is 5.78. The second-order valence-corrected chi connectivity index (χ2v) is 7.14. The molecule has 7 nitrogen and oxygen atoms in total. The molecular weight excluding hydrogens is 302 g/mol. The van der Waals surface area contributed by atoms with Crippen molar-refractivity contribution in [1.29, 1.82) is 0 Å². The molecule has 0 spiro atoms. The molecule has 3 fully saturated rings. The predicted molar refractivity (Wildman–Crippen MR) is 80.5 cm³/mol. The third-order valence-corrected chi connectivity index (χ3v) is 4.55. The number of carbonyl (C=O) groups is 3. The van der Waals surface area contributed by atoms with Crippen molar-refractivity contribution >= 4 is 18.0 Å². The Kier molecular flexibility index (Phi) is 4.87. The second kappa shape index (κ2) is 6.37. The molecule has 2 aliphatic heterocycles. The molecule has 3 aliphatic rings. The Labute approximate surface area is 136 Å². The van der Waals surface area contributed by atoms with E-state index in [0.717, 1.165) is 6.42 Å². The van der Waals surface area contributed by atoms with Crippen molar-refractivity contribution in [3.05, 3.63) is 0 Å². The van der Waals surface area contributed by atoms with Gasteiger partial charge in [-0.1, -0.05) is 0 Å². The van der Waals surface area contributed by atoms with Gasteiger partial charge in [-0.25, -0.2) is 4.79 Å². The Morgan fingerprint density at radius 2 is 1.52 bits per heavy atom. The SMILES string of the molecule is COC(=O)[C@H]1[C@@H]2CC[C@H]([C@H]1C(=O)OC)N(C(=O)OC(C)(C)C)C2. The molecule has 7 heteroatoms. The van der Waals surface area contributed by atoms with Crippen molar-refractivity contribution in [2.24, 2.45) is 17.8 Å². The highest BCUT2D eigenvalue weighted by molar-refractivity contribution is 5.84. The number of hydrogen-bond acceptors (Lipinski definition) is 6. The molecule has 0 N–H and O–H groups in total. The molecule has 1 amide bonds. The molecule has 1 saturated carbocycles. The van der Waals surface area contributed by atoms with Crippen LogP contribution in [0.1, 0.15) is 33.6 Å². The van der Waals surface area contributed by atoms with Crippen LogP contribution in [0.3, 0.4) is 0 Å². The Balaban J connectivity index is 2.27. The van der Waals surface area contributed by atoms with Gasteiger partial charge in [0, 0.05) is 12.6 Å². The Hall–Kier alpha value is -1.79. The van der Waals surface area contributed by atoms with Crippen LogP contribution >= 0.6 is 0 Å². The van der Waals surface area contributed by atoms with Gasteiger partial charge in [-0.15, -0.1) is 0 Å². The summed E-state index contributed by atoms with van der Waals surface area (Å²) in [6.07, 6.45) is 0.971. The third-order valence-electron chi connectivity index (χ3n) is 4.55. The normalized spacial score (nSPS) is 29.9. The van der Waals surface area contributed by atoms with Gasteiger partial charge in [0.05, 0.1) is 26.1 Å². The lowest BCUT2D eigenvalue weighted by Crippen LogP contribution is -2.63. The Bertz CT molecular complexity index is 497. The van der Waals surface area contributed by atoms with Gasteiger partial charge in [0.25, 0.3) is 0 Å². The molecule has 1 aliphatic carbocycles. The molecule has 0 unspecified atom stereocenters. The lowest BCUT2D eigenvalue weighted by molar-refractivity contribution is -0.173. The first-order chi connectivity index (χ1) is 10.7. The second-order valence-electron chi connectivity index (χ2n) is 7.14. The number of esters is 2. The first kappa shape index (κ1) is 17.6. The largest absolute Gasteiger partial charge is 0.469 e. The fourth-order valence-corrected chi connectivity index (χ4v) is 3.66. The van der Waals surface area contributed by atoms with Gasteiger partial charge >= 0.3 is 18.0 Å². The van der Waals surface area contributed by atoms with Crippen LogP contribution in [0.25, 0.3) is 0 Å². The molecule has 2 saturated heterocycles. The standard InChI is InChI=1S/C16H25NO6/c1-16(2,3)23-15(20)17-8-9-6-7-10(17)12(14(19)22-5)11(9)13(18)21-4/h9-12H,6-8H2,1-5H3/t9-,10-,11+,12-/m1/s1. The Morgan fingerprint density at radius 3 is 2.04 bits per heavy atom. The average Bonchev–Trinajstić information content (AvgIpc) is 2.51. The van der Waals surface area contributed by atoms with E-state index in [1.165, 1.54) is 14.2 Å². The first-order valence-corrected chi connectivity index (χ1v) is 7.85. The number of methoxy groups -OCH3 is 2. The summed E-state index contributed by atoms with van der Waals surface area (Å²) in [5, 5.41) is 0. The van der Waals surface area contributed by atoms with Gasteiger partial charge in [0.1, 0.15) is 5.60 Å². The van der Waals surface area contributed by atoms with E-state index in [4.69, 9.17) is 14.2 Å². The number of rotatable bonds is 2. The molecule has 3 rings (SSSR count). The smallest absolute Gasteiger partial charge is 0.410 e. The van der Waals surface area contributed by atoms with Crippen molar-refractivity contribution in [3.8, 4) is 0 Å². The van der Waals surface area contributed by atoms with Crippen LogP contribution in [0.15, 0.2) is 0 Å². The number of hydrogen-bond donors (Lipinski definition) is 0. The summed E-state index contributed by atoms with van der Waals surface area (Å²) in [6, 6.07) is -0.397. The van der Waals surface area contributed by atoms with Crippen LogP contribution in [0.4, 0.5) is 4.79 Å². The molecule has 130 valence electrons. The molecular formula is C16H25NO6. The molecule has 23 heavy (non-hydrogen) atoms. The topological polar surface area (TPSA) is 82.1 Å². The van der Waals surface area contributed by atoms with Crippen molar-refractivity contribution in [2.75, 3.05) is 20.8 Å². The lowest BCUT2D eigenvalue weighted by atomic mass is 9.65. The van der Waals surface area contributed by atoms with Gasteiger partial charge in [-0.05, 0) is 39.5 Å². The quantitative estimate of drug-likeness (QED) is 0.566. The molecule has 2 bridgehead atoms.